The van der Waals surface area contributed by atoms with Crippen LogP contribution in [0.5, 0.6) is 17.2 Å². The summed E-state index contributed by atoms with van der Waals surface area (Å²) in [5.41, 5.74) is -2.94. The average Bonchev–Trinajstić information content (AvgIpc) is 3.04. The van der Waals surface area contributed by atoms with Crippen LogP contribution in [0.3, 0.4) is 0 Å². The fourth-order valence-electron chi connectivity index (χ4n) is 4.09. The third kappa shape index (κ3) is 11.5. The van der Waals surface area contributed by atoms with Gasteiger partial charge in [0.25, 0.3) is 0 Å². The highest BCUT2D eigenvalue weighted by atomic mass is 127. The van der Waals surface area contributed by atoms with E-state index in [1.165, 1.54) is 0 Å². The van der Waals surface area contributed by atoms with Crippen molar-refractivity contribution in [3.8, 4) is 17.2 Å². The predicted octanol–water partition coefficient (Wildman–Crippen LogP) is 10.5. The van der Waals surface area contributed by atoms with Gasteiger partial charge in [0.2, 0.25) is 0 Å². The van der Waals surface area contributed by atoms with Crippen LogP contribution in [0.15, 0.2) is 48.5 Å². The molecule has 286 valence electrons. The molecular formula is C31H12F2I9O11S-. The Morgan fingerprint density at radius 1 is 0.537 bits per heavy atom. The van der Waals surface area contributed by atoms with Gasteiger partial charge in [-0.1, -0.05) is 0 Å². The van der Waals surface area contributed by atoms with Gasteiger partial charge in [0.15, 0.2) is 33.5 Å². The summed E-state index contributed by atoms with van der Waals surface area (Å²) < 4.78 is 90.0. The fraction of sp³-hybridized carbons (Fsp3) is 0.0968. The summed E-state index contributed by atoms with van der Waals surface area (Å²) in [6.07, 6.45) is -2.87. The lowest BCUT2D eigenvalue weighted by molar-refractivity contribution is -0.0554. The monoisotopic (exact) mass is 1770 g/mol. The number of hydrogen-bond donors (Lipinski definition) is 0. The summed E-state index contributed by atoms with van der Waals surface area (Å²) in [4.78, 5) is 55.6. The van der Waals surface area contributed by atoms with E-state index in [-0.39, 0.29) is 17.2 Å². The van der Waals surface area contributed by atoms with Gasteiger partial charge in [0, 0.05) is 10.7 Å². The van der Waals surface area contributed by atoms with Crippen molar-refractivity contribution in [2.24, 2.45) is 0 Å². The highest BCUT2D eigenvalue weighted by Crippen LogP contribution is 2.35. The van der Waals surface area contributed by atoms with Crippen molar-refractivity contribution in [2.45, 2.75) is 18.3 Å². The van der Waals surface area contributed by atoms with E-state index >= 15 is 0 Å². The largest absolute Gasteiger partial charge is 0.743 e. The number of hydrogen-bond acceptors (Lipinski definition) is 11. The van der Waals surface area contributed by atoms with Gasteiger partial charge in [-0.25, -0.2) is 27.6 Å². The van der Waals surface area contributed by atoms with Crippen molar-refractivity contribution in [2.75, 3.05) is 0 Å². The van der Waals surface area contributed by atoms with Gasteiger partial charge in [-0.2, -0.15) is 8.78 Å². The van der Waals surface area contributed by atoms with Crippen molar-refractivity contribution in [3.63, 3.8) is 0 Å². The van der Waals surface area contributed by atoms with Crippen molar-refractivity contribution in [1.29, 1.82) is 0 Å². The number of ether oxygens (including phenoxy) is 4. The van der Waals surface area contributed by atoms with Crippen LogP contribution in [-0.4, -0.2) is 48.2 Å². The van der Waals surface area contributed by atoms with E-state index in [1.54, 1.807) is 36.4 Å². The first kappa shape index (κ1) is 47.8. The maximum absolute atomic E-state index is 14.5. The Bertz CT molecular complexity index is 2290. The third-order valence-corrected chi connectivity index (χ3v) is 14.3. The molecule has 0 N–H and O–H groups in total. The van der Waals surface area contributed by atoms with E-state index in [0.717, 1.165) is 16.8 Å². The molecule has 0 amide bonds. The Labute approximate surface area is 428 Å². The second-order valence-corrected chi connectivity index (χ2v) is 22.4. The molecule has 0 bridgehead atoms. The van der Waals surface area contributed by atoms with Gasteiger partial charge < -0.3 is 23.5 Å². The summed E-state index contributed by atoms with van der Waals surface area (Å²) >= 11 is 17.7. The van der Waals surface area contributed by atoms with E-state index in [2.05, 4.69) is 45.2 Å². The highest BCUT2D eigenvalue weighted by molar-refractivity contribution is 14.1. The van der Waals surface area contributed by atoms with E-state index in [1.807, 2.05) is 158 Å². The molecule has 4 aromatic rings. The maximum Gasteiger partial charge on any atom is 0.370 e. The van der Waals surface area contributed by atoms with E-state index in [4.69, 9.17) is 18.9 Å². The number of benzene rings is 4. The zero-order chi connectivity index (χ0) is 40.6. The lowest BCUT2D eigenvalue weighted by Crippen LogP contribution is -2.42. The van der Waals surface area contributed by atoms with E-state index in [0.29, 0.717) is 34.4 Å². The Hall–Kier alpha value is 1.10. The zero-order valence-corrected chi connectivity index (χ0v) is 46.0. The standard InChI is InChI=1S/C31H13F2I9O11S/c1-10(31(32,33)54(47,48)49)50-27(43)14-8-16(29(45)52-25-20(39)4-12(35)5-21(25)40)17(30(46)53-26-22(41)6-13(36)7-23(26)42)9-15(14)28(44)51-24-18(37)2-11(34)3-19(24)38/h2-10H,1H3,(H,47,48,49)/p-1. The van der Waals surface area contributed by atoms with Gasteiger partial charge >= 0.3 is 29.1 Å². The Morgan fingerprint density at radius 2 is 0.778 bits per heavy atom. The molecule has 54 heavy (non-hydrogen) atoms. The van der Waals surface area contributed by atoms with Crippen LogP contribution < -0.4 is 14.2 Å². The molecule has 0 aliphatic heterocycles. The SMILES string of the molecule is CC(OC(=O)c1cc(C(=O)Oc2c(I)cc(I)cc2I)c(C(=O)Oc2c(I)cc(I)cc2I)cc1C(=O)Oc1c(I)cc(I)cc1I)C(F)(F)S(=O)(=O)[O-]. The summed E-state index contributed by atoms with van der Waals surface area (Å²) in [6.45, 7) is 0.452. The molecule has 0 fully saturated rings. The van der Waals surface area contributed by atoms with Gasteiger partial charge in [0.1, 0.15) is 0 Å². The lowest BCUT2D eigenvalue weighted by atomic mass is 9.97. The average molecular weight is 1770 g/mol. The summed E-state index contributed by atoms with van der Waals surface area (Å²) in [6, 6.07) is 11.6. The summed E-state index contributed by atoms with van der Waals surface area (Å²) in [5, 5.41) is -5.10. The third-order valence-electron chi connectivity index (χ3n) is 6.60. The first-order chi connectivity index (χ1) is 24.9. The van der Waals surface area contributed by atoms with Gasteiger partial charge in [-0.05, 0) is 259 Å². The molecule has 0 aliphatic rings. The Balaban J connectivity index is 1.98. The number of alkyl halides is 2. The maximum atomic E-state index is 14.5. The minimum Gasteiger partial charge on any atom is -0.743 e. The van der Waals surface area contributed by atoms with Crippen LogP contribution >= 0.6 is 203 Å². The molecule has 0 aliphatic carbocycles. The number of esters is 4. The molecule has 1 unspecified atom stereocenters. The second kappa shape index (κ2) is 19.7. The van der Waals surface area contributed by atoms with E-state index < -0.39 is 67.6 Å². The highest BCUT2D eigenvalue weighted by Gasteiger charge is 2.47. The van der Waals surface area contributed by atoms with E-state index in [9.17, 15) is 40.9 Å². The minimum atomic E-state index is -6.33. The molecule has 0 saturated heterocycles. The fourth-order valence-corrected chi connectivity index (χ4v) is 16.0. The molecule has 1 atom stereocenters. The van der Waals surface area contributed by atoms with Crippen LogP contribution in [0, 0.1) is 32.1 Å². The van der Waals surface area contributed by atoms with Gasteiger partial charge in [-0.3, -0.25) is 0 Å². The number of carbonyl (C=O) groups excluding carboxylic acids is 4. The zero-order valence-electron chi connectivity index (χ0n) is 25.8. The first-order valence-electron chi connectivity index (χ1n) is 13.7. The molecule has 0 saturated carbocycles. The van der Waals surface area contributed by atoms with Crippen molar-refractivity contribution in [3.05, 3.63) is 103 Å². The smallest absolute Gasteiger partial charge is 0.370 e. The molecule has 4 rings (SSSR count). The number of halogens is 11. The van der Waals surface area contributed by atoms with Crippen LogP contribution in [0.4, 0.5) is 8.78 Å². The van der Waals surface area contributed by atoms with Crippen molar-refractivity contribution < 1.29 is 59.9 Å². The quantitative estimate of drug-likeness (QED) is 0.0643. The topological polar surface area (TPSA) is 162 Å². The Kier molecular flexibility index (Phi) is 17.4. The van der Waals surface area contributed by atoms with Crippen LogP contribution in [0.25, 0.3) is 0 Å². The number of carbonyl (C=O) groups is 4. The van der Waals surface area contributed by atoms with Gasteiger partial charge in [0.05, 0.1) is 43.7 Å². The van der Waals surface area contributed by atoms with Crippen molar-refractivity contribution in [1.82, 2.24) is 0 Å². The molecule has 0 aromatic heterocycles. The molecule has 0 heterocycles. The molecule has 23 heteroatoms. The Morgan fingerprint density at radius 3 is 1.02 bits per heavy atom. The van der Waals surface area contributed by atoms with Crippen LogP contribution in [0.1, 0.15) is 48.4 Å². The number of rotatable bonds is 10. The normalized spacial score (nSPS) is 12.2. The first-order valence-corrected chi connectivity index (χ1v) is 24.9. The second-order valence-electron chi connectivity index (χ2n) is 10.3. The summed E-state index contributed by atoms with van der Waals surface area (Å²) in [5.74, 6) is -5.27. The van der Waals surface area contributed by atoms with Crippen LogP contribution in [-0.2, 0) is 14.9 Å². The minimum absolute atomic E-state index is 0.0387. The molecule has 11 nitrogen and oxygen atoms in total. The molecular weight excluding hydrogens is 1760 g/mol. The molecule has 0 spiro atoms. The summed E-state index contributed by atoms with van der Waals surface area (Å²) in [7, 11) is -6.33. The predicted molar refractivity (Wildman–Crippen MR) is 265 cm³/mol. The van der Waals surface area contributed by atoms with Gasteiger partial charge in [-0.15, -0.1) is 0 Å². The van der Waals surface area contributed by atoms with Crippen LogP contribution in [0.2, 0.25) is 0 Å². The molecule has 0 radical (unpaired) electrons. The van der Waals surface area contributed by atoms with Crippen molar-refractivity contribution >= 4 is 237 Å². The lowest BCUT2D eigenvalue weighted by Gasteiger charge is -2.26. The molecule has 4 aromatic carbocycles.